The van der Waals surface area contributed by atoms with E-state index in [9.17, 15) is 14.4 Å². The van der Waals surface area contributed by atoms with Crippen LogP contribution in [0.1, 0.15) is 65.0 Å². The number of hydrogen-bond acceptors (Lipinski definition) is 6. The summed E-state index contributed by atoms with van der Waals surface area (Å²) >= 11 is 0. The van der Waals surface area contributed by atoms with Crippen LogP contribution in [0.25, 0.3) is 21.8 Å². The van der Waals surface area contributed by atoms with Crippen LogP contribution in [0, 0.1) is 6.92 Å². The molecule has 0 saturated carbocycles. The van der Waals surface area contributed by atoms with Gasteiger partial charge in [-0.05, 0) is 56.2 Å². The van der Waals surface area contributed by atoms with Crippen molar-refractivity contribution in [2.24, 2.45) is 5.16 Å². The Morgan fingerprint density at radius 1 is 1.05 bits per heavy atom. The first-order valence-corrected chi connectivity index (χ1v) is 12.6. The van der Waals surface area contributed by atoms with Crippen molar-refractivity contribution in [3.63, 3.8) is 0 Å². The smallest absolute Gasteiger partial charge is 0.335 e. The molecule has 0 saturated heterocycles. The average molecular weight is 497 g/mol. The molecular formula is C30H28N2O5. The summed E-state index contributed by atoms with van der Waals surface area (Å²) in [5, 5.41) is 5.42. The van der Waals surface area contributed by atoms with E-state index in [0.717, 1.165) is 33.8 Å². The average Bonchev–Trinajstić information content (AvgIpc) is 3.24. The van der Waals surface area contributed by atoms with Gasteiger partial charge in [-0.25, -0.2) is 4.79 Å². The highest BCUT2D eigenvalue weighted by atomic mass is 16.7. The Hall–Kier alpha value is -4.26. The molecule has 0 fully saturated rings. The summed E-state index contributed by atoms with van der Waals surface area (Å²) in [6.45, 7) is 6.55. The fraction of sp³-hybridized carbons (Fsp3) is 0.267. The SMILES string of the molecule is CCCCC(=O)O/N=C1\COc2c(ccc3c2c2cc(C(=O)c4ccccc4C)ccc2n3CC)C1=O. The highest BCUT2D eigenvalue weighted by Crippen LogP contribution is 2.40. The van der Waals surface area contributed by atoms with Gasteiger partial charge in [0.05, 0.1) is 16.5 Å². The lowest BCUT2D eigenvalue weighted by molar-refractivity contribution is -0.143. The number of nitrogens with zero attached hydrogens (tertiary/aromatic N) is 2. The molecule has 2 heterocycles. The number of rotatable bonds is 7. The molecule has 188 valence electrons. The Labute approximate surface area is 214 Å². The van der Waals surface area contributed by atoms with Crippen LogP contribution in [0.15, 0.2) is 59.8 Å². The molecule has 7 heteroatoms. The van der Waals surface area contributed by atoms with Crippen molar-refractivity contribution in [3.8, 4) is 5.75 Å². The van der Waals surface area contributed by atoms with Crippen LogP contribution in [0.2, 0.25) is 0 Å². The molecule has 4 aromatic rings. The number of unbranched alkanes of at least 4 members (excludes halogenated alkanes) is 1. The van der Waals surface area contributed by atoms with Crippen LogP contribution in [-0.4, -0.2) is 34.4 Å². The van der Waals surface area contributed by atoms with E-state index >= 15 is 0 Å². The number of carbonyl (C=O) groups excluding carboxylic acids is 3. The minimum Gasteiger partial charge on any atom is -0.485 e. The lowest BCUT2D eigenvalue weighted by Crippen LogP contribution is -2.28. The Kier molecular flexibility index (Phi) is 6.61. The van der Waals surface area contributed by atoms with Gasteiger partial charge in [-0.3, -0.25) is 9.59 Å². The first-order chi connectivity index (χ1) is 17.9. The third-order valence-corrected chi connectivity index (χ3v) is 6.80. The Balaban J connectivity index is 1.60. The number of carbonyl (C=O) groups is 3. The molecular weight excluding hydrogens is 468 g/mol. The van der Waals surface area contributed by atoms with E-state index < -0.39 is 5.97 Å². The van der Waals surface area contributed by atoms with Gasteiger partial charge in [0.25, 0.3) is 0 Å². The summed E-state index contributed by atoms with van der Waals surface area (Å²) in [5.74, 6) is -0.411. The van der Waals surface area contributed by atoms with Crippen molar-refractivity contribution in [2.45, 2.75) is 46.6 Å². The number of fused-ring (bicyclic) bond motifs is 5. The van der Waals surface area contributed by atoms with Crippen molar-refractivity contribution < 1.29 is 24.0 Å². The Morgan fingerprint density at radius 3 is 2.59 bits per heavy atom. The molecule has 0 radical (unpaired) electrons. The quantitative estimate of drug-likeness (QED) is 0.177. The molecule has 3 aromatic carbocycles. The summed E-state index contributed by atoms with van der Waals surface area (Å²) < 4.78 is 8.20. The van der Waals surface area contributed by atoms with Gasteiger partial charge < -0.3 is 14.1 Å². The molecule has 0 N–H and O–H groups in total. The third kappa shape index (κ3) is 4.31. The Bertz CT molecular complexity index is 1590. The normalized spacial score (nSPS) is 14.1. The summed E-state index contributed by atoms with van der Waals surface area (Å²) in [5.41, 5.74) is 4.40. The monoisotopic (exact) mass is 496 g/mol. The second kappa shape index (κ2) is 10.0. The maximum Gasteiger partial charge on any atom is 0.335 e. The van der Waals surface area contributed by atoms with E-state index in [1.165, 1.54) is 0 Å². The van der Waals surface area contributed by atoms with E-state index in [-0.39, 0.29) is 30.3 Å². The zero-order chi connectivity index (χ0) is 26.1. The molecule has 1 aliphatic rings. The number of Topliss-reactive ketones (excluding diaryl/α,β-unsaturated/α-hetero) is 1. The number of ketones is 2. The van der Waals surface area contributed by atoms with E-state index in [2.05, 4.69) is 9.72 Å². The fourth-order valence-electron chi connectivity index (χ4n) is 4.85. The lowest BCUT2D eigenvalue weighted by Gasteiger charge is -2.18. The lowest BCUT2D eigenvalue weighted by atomic mass is 9.96. The maximum atomic E-state index is 13.4. The number of aromatic nitrogens is 1. The van der Waals surface area contributed by atoms with Gasteiger partial charge in [0.2, 0.25) is 5.78 Å². The molecule has 0 unspecified atom stereocenters. The molecule has 0 atom stereocenters. The molecule has 0 spiro atoms. The zero-order valence-electron chi connectivity index (χ0n) is 21.2. The molecule has 0 aliphatic carbocycles. The number of hydrogen-bond donors (Lipinski definition) is 0. The topological polar surface area (TPSA) is 87.0 Å². The van der Waals surface area contributed by atoms with Crippen LogP contribution in [0.3, 0.4) is 0 Å². The second-order valence-electron chi connectivity index (χ2n) is 9.18. The van der Waals surface area contributed by atoms with Gasteiger partial charge in [0, 0.05) is 35.0 Å². The number of benzene rings is 3. The molecule has 0 amide bonds. The second-order valence-corrected chi connectivity index (χ2v) is 9.18. The van der Waals surface area contributed by atoms with E-state index in [1.807, 2.05) is 69.3 Å². The van der Waals surface area contributed by atoms with Crippen molar-refractivity contribution >= 4 is 45.1 Å². The summed E-state index contributed by atoms with van der Waals surface area (Å²) in [6, 6.07) is 16.8. The summed E-state index contributed by atoms with van der Waals surface area (Å²) in [6.07, 6.45) is 1.81. The van der Waals surface area contributed by atoms with Crippen molar-refractivity contribution in [3.05, 3.63) is 76.9 Å². The van der Waals surface area contributed by atoms with Crippen molar-refractivity contribution in [1.29, 1.82) is 0 Å². The Morgan fingerprint density at radius 2 is 1.84 bits per heavy atom. The minimum absolute atomic E-state index is 0.0475. The first kappa shape index (κ1) is 24.4. The number of oxime groups is 1. The van der Waals surface area contributed by atoms with Gasteiger partial charge in [-0.1, -0.05) is 42.8 Å². The predicted octanol–water partition coefficient (Wildman–Crippen LogP) is 6.02. The van der Waals surface area contributed by atoms with Crippen molar-refractivity contribution in [2.75, 3.05) is 6.61 Å². The van der Waals surface area contributed by atoms with E-state index in [1.54, 1.807) is 6.07 Å². The maximum absolute atomic E-state index is 13.4. The number of ether oxygens (including phenoxy) is 1. The zero-order valence-corrected chi connectivity index (χ0v) is 21.2. The highest BCUT2D eigenvalue weighted by molar-refractivity contribution is 6.48. The van der Waals surface area contributed by atoms with Gasteiger partial charge in [-0.15, -0.1) is 0 Å². The van der Waals surface area contributed by atoms with Crippen LogP contribution in [0.5, 0.6) is 5.75 Å². The summed E-state index contributed by atoms with van der Waals surface area (Å²) in [7, 11) is 0. The molecule has 1 aromatic heterocycles. The van der Waals surface area contributed by atoms with Crippen LogP contribution in [-0.2, 0) is 16.2 Å². The molecule has 1 aliphatic heterocycles. The van der Waals surface area contributed by atoms with Gasteiger partial charge in [0.1, 0.15) is 12.4 Å². The van der Waals surface area contributed by atoms with Crippen LogP contribution >= 0.6 is 0 Å². The third-order valence-electron chi connectivity index (χ3n) is 6.80. The van der Waals surface area contributed by atoms with Gasteiger partial charge >= 0.3 is 5.97 Å². The highest BCUT2D eigenvalue weighted by Gasteiger charge is 2.30. The largest absolute Gasteiger partial charge is 0.485 e. The fourth-order valence-corrected chi connectivity index (χ4v) is 4.85. The molecule has 37 heavy (non-hydrogen) atoms. The number of aryl methyl sites for hydroxylation is 2. The predicted molar refractivity (Wildman–Crippen MR) is 143 cm³/mol. The molecule has 5 rings (SSSR count). The van der Waals surface area contributed by atoms with Crippen LogP contribution < -0.4 is 4.74 Å². The summed E-state index contributed by atoms with van der Waals surface area (Å²) in [4.78, 5) is 43.4. The van der Waals surface area contributed by atoms with E-state index in [0.29, 0.717) is 35.4 Å². The van der Waals surface area contributed by atoms with Gasteiger partial charge in [0.15, 0.2) is 11.5 Å². The standard InChI is InChI=1S/C30H28N2O5/c1-4-6-11-26(33)37-31-23-17-36-30-21(29(23)35)13-15-25-27(30)22-16-19(12-14-24(22)32(25)5-2)28(34)20-10-8-7-9-18(20)3/h7-10,12-16H,4-6,11,17H2,1-3H3/b31-23+. The minimum atomic E-state index is -0.472. The molecule has 0 bridgehead atoms. The van der Waals surface area contributed by atoms with Crippen LogP contribution in [0.4, 0.5) is 0 Å². The first-order valence-electron chi connectivity index (χ1n) is 12.6. The van der Waals surface area contributed by atoms with Crippen molar-refractivity contribution in [1.82, 2.24) is 4.57 Å². The molecule has 7 nitrogen and oxygen atoms in total. The van der Waals surface area contributed by atoms with E-state index in [4.69, 9.17) is 9.57 Å². The van der Waals surface area contributed by atoms with Gasteiger partial charge in [-0.2, -0.15) is 0 Å².